The molecule has 0 saturated heterocycles. The third-order valence-corrected chi connectivity index (χ3v) is 1.88. The molecule has 0 fully saturated rings. The predicted molar refractivity (Wildman–Crippen MR) is 55.8 cm³/mol. The summed E-state index contributed by atoms with van der Waals surface area (Å²) in [6.45, 7) is 2.55. The summed E-state index contributed by atoms with van der Waals surface area (Å²) in [5.41, 5.74) is 1.84. The largest absolute Gasteiger partial charge is 0.352 e. The van der Waals surface area contributed by atoms with Crippen LogP contribution in [0.15, 0.2) is 24.3 Å². The summed E-state index contributed by atoms with van der Waals surface area (Å²) in [6, 6.07) is 7.58. The zero-order valence-electron chi connectivity index (χ0n) is 8.49. The highest BCUT2D eigenvalue weighted by Crippen LogP contribution is 2.18. The van der Waals surface area contributed by atoms with Gasteiger partial charge >= 0.3 is 0 Å². The van der Waals surface area contributed by atoms with E-state index in [2.05, 4.69) is 5.92 Å². The van der Waals surface area contributed by atoms with E-state index in [4.69, 9.17) is 15.9 Å². The third kappa shape index (κ3) is 2.59. The molecule has 1 unspecified atom stereocenters. The molecule has 0 aliphatic heterocycles. The van der Waals surface area contributed by atoms with E-state index in [1.54, 1.807) is 7.11 Å². The van der Waals surface area contributed by atoms with E-state index in [9.17, 15) is 0 Å². The number of hydrogen-bond donors (Lipinski definition) is 0. The van der Waals surface area contributed by atoms with Gasteiger partial charge in [0, 0.05) is 24.8 Å². The number of methoxy groups -OCH3 is 1. The first-order valence-corrected chi connectivity index (χ1v) is 4.52. The first-order valence-electron chi connectivity index (χ1n) is 4.52. The Kier molecular flexibility index (Phi) is 4.18. The van der Waals surface area contributed by atoms with E-state index in [1.165, 1.54) is 0 Å². The molecule has 0 N–H and O–H groups in total. The Bertz CT molecular complexity index is 308. The zero-order valence-corrected chi connectivity index (χ0v) is 8.49. The summed E-state index contributed by atoms with van der Waals surface area (Å²) >= 11 is 0. The van der Waals surface area contributed by atoms with Crippen LogP contribution in [0.1, 0.15) is 24.3 Å². The second-order valence-electron chi connectivity index (χ2n) is 2.79. The number of rotatable bonds is 4. The average molecular weight is 190 g/mol. The molecule has 14 heavy (non-hydrogen) atoms. The lowest BCUT2D eigenvalue weighted by Gasteiger charge is -2.15. The fourth-order valence-corrected chi connectivity index (χ4v) is 1.19. The summed E-state index contributed by atoms with van der Waals surface area (Å²) in [4.78, 5) is 0. The smallest absolute Gasteiger partial charge is 0.183 e. The molecular formula is C12H14O2. The van der Waals surface area contributed by atoms with Gasteiger partial charge in [-0.2, -0.15) is 0 Å². The molecule has 0 amide bonds. The van der Waals surface area contributed by atoms with Gasteiger partial charge in [0.25, 0.3) is 0 Å². The van der Waals surface area contributed by atoms with Crippen LogP contribution >= 0.6 is 0 Å². The quantitative estimate of drug-likeness (QED) is 0.536. The van der Waals surface area contributed by atoms with Gasteiger partial charge in [0.05, 0.1) is 0 Å². The van der Waals surface area contributed by atoms with E-state index in [0.717, 1.165) is 11.1 Å². The van der Waals surface area contributed by atoms with Crippen molar-refractivity contribution in [3.05, 3.63) is 35.4 Å². The van der Waals surface area contributed by atoms with Crippen LogP contribution in [-0.4, -0.2) is 13.7 Å². The number of ether oxygens (including phenoxy) is 2. The van der Waals surface area contributed by atoms with Gasteiger partial charge in [-0.15, -0.1) is 6.42 Å². The predicted octanol–water partition coefficient (Wildman–Crippen LogP) is 2.35. The molecule has 2 heteroatoms. The highest BCUT2D eigenvalue weighted by atomic mass is 16.7. The first kappa shape index (κ1) is 10.8. The van der Waals surface area contributed by atoms with Crippen molar-refractivity contribution in [3.63, 3.8) is 0 Å². The number of benzene rings is 1. The van der Waals surface area contributed by atoms with Crippen molar-refractivity contribution in [2.24, 2.45) is 0 Å². The third-order valence-electron chi connectivity index (χ3n) is 1.88. The molecule has 0 spiro atoms. The van der Waals surface area contributed by atoms with E-state index in [0.29, 0.717) is 6.61 Å². The molecule has 1 aromatic carbocycles. The molecule has 74 valence electrons. The Hall–Kier alpha value is -1.30. The van der Waals surface area contributed by atoms with Crippen molar-refractivity contribution in [2.45, 2.75) is 13.2 Å². The molecule has 0 radical (unpaired) electrons. The summed E-state index contributed by atoms with van der Waals surface area (Å²) in [5, 5.41) is 0. The SMILES string of the molecule is C#Cc1ccc(C(OC)OCC)cc1. The molecule has 0 aromatic heterocycles. The van der Waals surface area contributed by atoms with Gasteiger partial charge in [-0.25, -0.2) is 0 Å². The molecule has 0 bridgehead atoms. The molecule has 0 heterocycles. The Morgan fingerprint density at radius 3 is 2.43 bits per heavy atom. The van der Waals surface area contributed by atoms with Gasteiger partial charge in [0.2, 0.25) is 0 Å². The van der Waals surface area contributed by atoms with Crippen LogP contribution in [0.5, 0.6) is 0 Å². The van der Waals surface area contributed by atoms with Crippen LogP contribution in [0.2, 0.25) is 0 Å². The summed E-state index contributed by atoms with van der Waals surface area (Å²) in [6.07, 6.45) is 4.96. The fourth-order valence-electron chi connectivity index (χ4n) is 1.19. The van der Waals surface area contributed by atoms with Crippen molar-refractivity contribution in [1.82, 2.24) is 0 Å². The molecule has 1 rings (SSSR count). The molecule has 0 aliphatic carbocycles. The van der Waals surface area contributed by atoms with E-state index < -0.39 is 0 Å². The van der Waals surface area contributed by atoms with Crippen LogP contribution < -0.4 is 0 Å². The summed E-state index contributed by atoms with van der Waals surface area (Å²) in [7, 11) is 1.62. The van der Waals surface area contributed by atoms with Crippen LogP contribution in [0.3, 0.4) is 0 Å². The van der Waals surface area contributed by atoms with Crippen molar-refractivity contribution in [3.8, 4) is 12.3 Å². The van der Waals surface area contributed by atoms with Gasteiger partial charge in [-0.3, -0.25) is 0 Å². The first-order chi connectivity index (χ1) is 6.81. The minimum absolute atomic E-state index is 0.299. The summed E-state index contributed by atoms with van der Waals surface area (Å²) < 4.78 is 10.6. The maximum absolute atomic E-state index is 5.38. The minimum Gasteiger partial charge on any atom is -0.352 e. The number of terminal acetylenes is 1. The van der Waals surface area contributed by atoms with Gasteiger partial charge < -0.3 is 9.47 Å². The highest BCUT2D eigenvalue weighted by Gasteiger charge is 2.08. The van der Waals surface area contributed by atoms with Crippen LogP contribution in [0.4, 0.5) is 0 Å². The topological polar surface area (TPSA) is 18.5 Å². The van der Waals surface area contributed by atoms with Crippen molar-refractivity contribution < 1.29 is 9.47 Å². The summed E-state index contributed by atoms with van der Waals surface area (Å²) in [5.74, 6) is 2.56. The second-order valence-corrected chi connectivity index (χ2v) is 2.79. The van der Waals surface area contributed by atoms with Crippen molar-refractivity contribution in [1.29, 1.82) is 0 Å². The Balaban J connectivity index is 2.79. The minimum atomic E-state index is -0.299. The monoisotopic (exact) mass is 190 g/mol. The average Bonchev–Trinajstić information content (AvgIpc) is 2.26. The molecular weight excluding hydrogens is 176 g/mol. The van der Waals surface area contributed by atoms with E-state index in [-0.39, 0.29) is 6.29 Å². The van der Waals surface area contributed by atoms with Crippen LogP contribution in [-0.2, 0) is 9.47 Å². The van der Waals surface area contributed by atoms with E-state index in [1.807, 2.05) is 31.2 Å². The van der Waals surface area contributed by atoms with Gasteiger partial charge in [-0.1, -0.05) is 18.1 Å². The van der Waals surface area contributed by atoms with Crippen LogP contribution in [0.25, 0.3) is 0 Å². The lowest BCUT2D eigenvalue weighted by molar-refractivity contribution is -0.124. The standard InChI is InChI=1S/C12H14O2/c1-4-10-6-8-11(9-7-10)12(13-3)14-5-2/h1,6-9,12H,5H2,2-3H3. The van der Waals surface area contributed by atoms with Gasteiger partial charge in [0.1, 0.15) is 0 Å². The Morgan fingerprint density at radius 1 is 1.36 bits per heavy atom. The highest BCUT2D eigenvalue weighted by molar-refractivity contribution is 5.34. The maximum Gasteiger partial charge on any atom is 0.183 e. The van der Waals surface area contributed by atoms with Gasteiger partial charge in [-0.05, 0) is 19.1 Å². The molecule has 1 aromatic rings. The lowest BCUT2D eigenvalue weighted by atomic mass is 10.1. The molecule has 1 atom stereocenters. The van der Waals surface area contributed by atoms with Crippen molar-refractivity contribution in [2.75, 3.05) is 13.7 Å². The van der Waals surface area contributed by atoms with Crippen molar-refractivity contribution >= 4 is 0 Å². The lowest BCUT2D eigenvalue weighted by Crippen LogP contribution is -2.06. The normalized spacial score (nSPS) is 12.1. The fraction of sp³-hybridized carbons (Fsp3) is 0.333. The Labute approximate surface area is 84.8 Å². The van der Waals surface area contributed by atoms with Crippen LogP contribution in [0, 0.1) is 12.3 Å². The maximum atomic E-state index is 5.38. The second kappa shape index (κ2) is 5.43. The molecule has 0 saturated carbocycles. The Morgan fingerprint density at radius 2 is 2.00 bits per heavy atom. The molecule has 2 nitrogen and oxygen atoms in total. The zero-order chi connectivity index (χ0) is 10.4. The molecule has 0 aliphatic rings. The number of hydrogen-bond acceptors (Lipinski definition) is 2. The van der Waals surface area contributed by atoms with E-state index >= 15 is 0 Å². The van der Waals surface area contributed by atoms with Gasteiger partial charge in [0.15, 0.2) is 6.29 Å².